The lowest BCUT2D eigenvalue weighted by molar-refractivity contribution is 0.252. The number of carbonyl (C=O) groups is 1. The Balaban J connectivity index is 1.71. The highest BCUT2D eigenvalue weighted by atomic mass is 32.1. The second-order valence-electron chi connectivity index (χ2n) is 4.26. The number of amides is 2. The van der Waals surface area contributed by atoms with Crippen LogP contribution < -0.4 is 15.5 Å². The Morgan fingerprint density at radius 3 is 3.16 bits per heavy atom. The van der Waals surface area contributed by atoms with Crippen molar-refractivity contribution in [1.82, 2.24) is 10.3 Å². The number of hydrogen-bond acceptors (Lipinski definition) is 4. The van der Waals surface area contributed by atoms with Gasteiger partial charge in [-0.1, -0.05) is 6.07 Å². The molecular weight excluding hydrogens is 260 g/mol. The lowest BCUT2D eigenvalue weighted by Gasteiger charge is -2.15. The molecular formula is C13H14N4OS. The van der Waals surface area contributed by atoms with E-state index in [-0.39, 0.29) is 6.03 Å². The number of benzene rings is 1. The molecule has 0 saturated carbocycles. The molecule has 1 aromatic heterocycles. The highest BCUT2D eigenvalue weighted by Gasteiger charge is 2.20. The zero-order valence-corrected chi connectivity index (χ0v) is 11.1. The fraction of sp³-hybridized carbons (Fsp3) is 0.231. The lowest BCUT2D eigenvalue weighted by Crippen LogP contribution is -2.27. The number of anilines is 2. The molecule has 98 valence electrons. The number of thiazole rings is 1. The smallest absolute Gasteiger partial charge is 0.321 e. The van der Waals surface area contributed by atoms with Crippen LogP contribution in [0.3, 0.4) is 0 Å². The third-order valence-corrected chi connectivity index (χ3v) is 3.74. The summed E-state index contributed by atoms with van der Waals surface area (Å²) in [5.74, 6) is 0. The fourth-order valence-corrected chi connectivity index (χ4v) is 2.55. The van der Waals surface area contributed by atoms with Gasteiger partial charge in [-0.05, 0) is 18.2 Å². The summed E-state index contributed by atoms with van der Waals surface area (Å²) in [6, 6.07) is 7.86. The van der Waals surface area contributed by atoms with Gasteiger partial charge in [0.2, 0.25) is 0 Å². The van der Waals surface area contributed by atoms with Crippen LogP contribution in [0.4, 0.5) is 16.2 Å². The molecule has 0 bridgehead atoms. The van der Waals surface area contributed by atoms with Gasteiger partial charge in [-0.15, -0.1) is 11.3 Å². The molecule has 1 aliphatic heterocycles. The Morgan fingerprint density at radius 1 is 1.47 bits per heavy atom. The maximum Gasteiger partial charge on any atom is 0.321 e. The molecule has 0 atom stereocenters. The molecule has 5 nitrogen and oxygen atoms in total. The standard InChI is InChI=1S/C13H14N4OS/c18-13-15-4-5-17(13)11-3-1-2-10(6-11)16-8-12-7-14-9-19-12/h1-3,6-7,9,16H,4-5,8H2,(H,15,18). The molecule has 0 radical (unpaired) electrons. The van der Waals surface area contributed by atoms with E-state index in [2.05, 4.69) is 15.6 Å². The largest absolute Gasteiger partial charge is 0.380 e. The topological polar surface area (TPSA) is 57.3 Å². The third-order valence-electron chi connectivity index (χ3n) is 2.96. The minimum Gasteiger partial charge on any atom is -0.380 e. The summed E-state index contributed by atoms with van der Waals surface area (Å²) >= 11 is 1.62. The van der Waals surface area contributed by atoms with Gasteiger partial charge in [0, 0.05) is 35.5 Å². The summed E-state index contributed by atoms with van der Waals surface area (Å²) in [6.07, 6.45) is 1.86. The zero-order valence-electron chi connectivity index (χ0n) is 10.3. The highest BCUT2D eigenvalue weighted by molar-refractivity contribution is 7.09. The first-order valence-electron chi connectivity index (χ1n) is 6.09. The maximum absolute atomic E-state index is 11.6. The number of aromatic nitrogens is 1. The van der Waals surface area contributed by atoms with Gasteiger partial charge < -0.3 is 10.6 Å². The van der Waals surface area contributed by atoms with Crippen LogP contribution in [-0.2, 0) is 6.54 Å². The van der Waals surface area contributed by atoms with Crippen molar-refractivity contribution >= 4 is 28.7 Å². The number of nitrogens with one attached hydrogen (secondary N) is 2. The Morgan fingerprint density at radius 2 is 2.42 bits per heavy atom. The molecule has 1 aliphatic rings. The van der Waals surface area contributed by atoms with Crippen LogP contribution in [0.2, 0.25) is 0 Å². The monoisotopic (exact) mass is 274 g/mol. The number of nitrogens with zero attached hydrogens (tertiary/aromatic N) is 2. The molecule has 2 aromatic rings. The van der Waals surface area contributed by atoms with Crippen LogP contribution in [0, 0.1) is 0 Å². The third kappa shape index (κ3) is 2.68. The van der Waals surface area contributed by atoms with Crippen LogP contribution >= 0.6 is 11.3 Å². The van der Waals surface area contributed by atoms with E-state index in [1.54, 1.807) is 16.2 Å². The van der Waals surface area contributed by atoms with Crippen LogP contribution in [0.25, 0.3) is 0 Å². The molecule has 6 heteroatoms. The van der Waals surface area contributed by atoms with E-state index in [1.807, 2.05) is 36.0 Å². The zero-order chi connectivity index (χ0) is 13.1. The van der Waals surface area contributed by atoms with E-state index >= 15 is 0 Å². The van der Waals surface area contributed by atoms with Crippen molar-refractivity contribution in [2.24, 2.45) is 0 Å². The van der Waals surface area contributed by atoms with Crippen molar-refractivity contribution in [1.29, 1.82) is 0 Å². The van der Waals surface area contributed by atoms with Crippen molar-refractivity contribution in [3.05, 3.63) is 40.8 Å². The second-order valence-corrected chi connectivity index (χ2v) is 5.23. The lowest BCUT2D eigenvalue weighted by atomic mass is 10.2. The first kappa shape index (κ1) is 12.0. The van der Waals surface area contributed by atoms with Gasteiger partial charge in [0.25, 0.3) is 0 Å². The maximum atomic E-state index is 11.6. The first-order chi connectivity index (χ1) is 9.33. The Hall–Kier alpha value is -2.08. The minimum atomic E-state index is -0.0281. The van der Waals surface area contributed by atoms with Crippen molar-refractivity contribution in [3.63, 3.8) is 0 Å². The summed E-state index contributed by atoms with van der Waals surface area (Å²) < 4.78 is 0. The summed E-state index contributed by atoms with van der Waals surface area (Å²) in [4.78, 5) is 18.6. The summed E-state index contributed by atoms with van der Waals surface area (Å²) in [5, 5.41) is 6.14. The number of hydrogen-bond donors (Lipinski definition) is 2. The molecule has 1 fully saturated rings. The van der Waals surface area contributed by atoms with Gasteiger partial charge in [-0.3, -0.25) is 9.88 Å². The summed E-state index contributed by atoms with van der Waals surface area (Å²) in [5.41, 5.74) is 3.75. The molecule has 1 saturated heterocycles. The second kappa shape index (κ2) is 5.27. The van der Waals surface area contributed by atoms with Crippen LogP contribution in [0.5, 0.6) is 0 Å². The molecule has 2 N–H and O–H groups in total. The van der Waals surface area contributed by atoms with Crippen molar-refractivity contribution in [3.8, 4) is 0 Å². The Kier molecular flexibility index (Phi) is 3.33. The molecule has 0 aliphatic carbocycles. The van der Waals surface area contributed by atoms with Gasteiger partial charge in [0.1, 0.15) is 0 Å². The van der Waals surface area contributed by atoms with E-state index in [0.29, 0.717) is 6.54 Å². The molecule has 2 heterocycles. The summed E-state index contributed by atoms with van der Waals surface area (Å²) in [7, 11) is 0. The Labute approximate surface area is 115 Å². The van der Waals surface area contributed by atoms with E-state index in [9.17, 15) is 4.79 Å². The van der Waals surface area contributed by atoms with E-state index in [0.717, 1.165) is 24.5 Å². The first-order valence-corrected chi connectivity index (χ1v) is 6.97. The van der Waals surface area contributed by atoms with Gasteiger partial charge in [-0.25, -0.2) is 4.79 Å². The fourth-order valence-electron chi connectivity index (χ4n) is 2.02. The van der Waals surface area contributed by atoms with E-state index < -0.39 is 0 Å². The molecule has 3 rings (SSSR count). The quantitative estimate of drug-likeness (QED) is 0.899. The van der Waals surface area contributed by atoms with E-state index in [1.165, 1.54) is 4.88 Å². The average molecular weight is 274 g/mol. The minimum absolute atomic E-state index is 0.0281. The van der Waals surface area contributed by atoms with Crippen molar-refractivity contribution in [2.45, 2.75) is 6.54 Å². The number of rotatable bonds is 4. The normalized spacial score (nSPS) is 14.5. The van der Waals surface area contributed by atoms with Gasteiger partial charge in [0.05, 0.1) is 12.1 Å². The number of urea groups is 1. The van der Waals surface area contributed by atoms with Crippen molar-refractivity contribution < 1.29 is 4.79 Å². The molecule has 1 aromatic carbocycles. The molecule has 19 heavy (non-hydrogen) atoms. The van der Waals surface area contributed by atoms with Gasteiger partial charge in [0.15, 0.2) is 0 Å². The predicted octanol–water partition coefficient (Wildman–Crippen LogP) is 2.28. The van der Waals surface area contributed by atoms with Crippen LogP contribution in [0.15, 0.2) is 36.0 Å². The summed E-state index contributed by atoms with van der Waals surface area (Å²) in [6.45, 7) is 2.18. The van der Waals surface area contributed by atoms with Gasteiger partial charge >= 0.3 is 6.03 Å². The SMILES string of the molecule is O=C1NCCN1c1cccc(NCc2cncs2)c1. The number of carbonyl (C=O) groups excluding carboxylic acids is 1. The predicted molar refractivity (Wildman–Crippen MR) is 76.6 cm³/mol. The molecule has 0 unspecified atom stereocenters. The molecule has 2 amide bonds. The average Bonchev–Trinajstić information content (AvgIpc) is 3.08. The van der Waals surface area contributed by atoms with Crippen LogP contribution in [0.1, 0.15) is 4.88 Å². The van der Waals surface area contributed by atoms with E-state index in [4.69, 9.17) is 0 Å². The van der Waals surface area contributed by atoms with Crippen LogP contribution in [-0.4, -0.2) is 24.1 Å². The van der Waals surface area contributed by atoms with Crippen molar-refractivity contribution in [2.75, 3.05) is 23.3 Å². The Bertz CT molecular complexity index is 570. The van der Waals surface area contributed by atoms with Gasteiger partial charge in [-0.2, -0.15) is 0 Å². The molecule has 0 spiro atoms. The highest BCUT2D eigenvalue weighted by Crippen LogP contribution is 2.21.